The number of carbonyl (C=O) groups is 4. The molecule has 0 aliphatic carbocycles. The fourth-order valence-electron chi connectivity index (χ4n) is 1.81. The van der Waals surface area contributed by atoms with Gasteiger partial charge < -0.3 is 19.5 Å². The summed E-state index contributed by atoms with van der Waals surface area (Å²) in [4.78, 5) is 47.2. The van der Waals surface area contributed by atoms with Crippen molar-refractivity contribution in [3.05, 3.63) is 27.7 Å². The molecule has 9 heteroatoms. The third kappa shape index (κ3) is 5.42. The minimum atomic E-state index is -0.708. The molecule has 0 aliphatic heterocycles. The molecule has 0 aromatic carbocycles. The fourth-order valence-corrected chi connectivity index (χ4v) is 2.94. The van der Waals surface area contributed by atoms with E-state index in [1.54, 1.807) is 20.8 Å². The van der Waals surface area contributed by atoms with E-state index in [9.17, 15) is 19.2 Å². The molecule has 0 saturated heterocycles. The lowest BCUT2D eigenvalue weighted by Crippen LogP contribution is -2.21. The Labute approximate surface area is 148 Å². The summed E-state index contributed by atoms with van der Waals surface area (Å²) in [5, 5.41) is 2.57. The number of amides is 1. The van der Waals surface area contributed by atoms with E-state index < -0.39 is 30.4 Å². The van der Waals surface area contributed by atoms with Crippen LogP contribution in [0.25, 0.3) is 0 Å². The highest BCUT2D eigenvalue weighted by Gasteiger charge is 2.26. The van der Waals surface area contributed by atoms with Crippen molar-refractivity contribution in [1.82, 2.24) is 0 Å². The van der Waals surface area contributed by atoms with E-state index in [0.29, 0.717) is 5.56 Å². The smallest absolute Gasteiger partial charge is 0.348 e. The van der Waals surface area contributed by atoms with Crippen LogP contribution in [0, 0.1) is 6.92 Å². The van der Waals surface area contributed by atoms with E-state index in [0.717, 1.165) is 16.9 Å². The van der Waals surface area contributed by atoms with Crippen LogP contribution in [0.2, 0.25) is 0 Å². The molecule has 1 amide bonds. The van der Waals surface area contributed by atoms with Crippen molar-refractivity contribution in [2.75, 3.05) is 26.1 Å². The van der Waals surface area contributed by atoms with E-state index >= 15 is 0 Å². The van der Waals surface area contributed by atoms with Crippen LogP contribution < -0.4 is 5.32 Å². The van der Waals surface area contributed by atoms with Gasteiger partial charge >= 0.3 is 17.9 Å². The van der Waals surface area contributed by atoms with Gasteiger partial charge in [-0.3, -0.25) is 4.79 Å². The van der Waals surface area contributed by atoms with Gasteiger partial charge in [0.25, 0.3) is 5.91 Å². The second-order valence-electron chi connectivity index (χ2n) is 5.12. The largest absolute Gasteiger partial charge is 0.465 e. The molecule has 0 atom stereocenters. The van der Waals surface area contributed by atoms with Crippen molar-refractivity contribution in [3.63, 3.8) is 0 Å². The third-order valence-electron chi connectivity index (χ3n) is 2.91. The van der Waals surface area contributed by atoms with E-state index in [2.05, 4.69) is 14.8 Å². The Balaban J connectivity index is 2.98. The monoisotopic (exact) mass is 369 g/mol. The number of hydrogen-bond donors (Lipinski definition) is 1. The van der Waals surface area contributed by atoms with Gasteiger partial charge in [-0.25, -0.2) is 14.4 Å². The molecule has 1 aromatic rings. The number of nitrogens with one attached hydrogen (secondary N) is 1. The fraction of sp³-hybridized carbons (Fsp3) is 0.375. The van der Waals surface area contributed by atoms with E-state index in [4.69, 9.17) is 4.74 Å². The highest BCUT2D eigenvalue weighted by atomic mass is 32.1. The van der Waals surface area contributed by atoms with Crippen molar-refractivity contribution in [2.24, 2.45) is 0 Å². The highest BCUT2D eigenvalue weighted by molar-refractivity contribution is 7.18. The molecular formula is C16H19NO7S. The molecule has 0 bridgehead atoms. The average molecular weight is 369 g/mol. The number of thiophene rings is 1. The van der Waals surface area contributed by atoms with Crippen LogP contribution in [0.5, 0.6) is 0 Å². The average Bonchev–Trinajstić information content (AvgIpc) is 2.87. The Hall–Kier alpha value is -2.68. The maximum atomic E-state index is 12.0. The number of rotatable bonds is 6. The molecule has 136 valence electrons. The van der Waals surface area contributed by atoms with Crippen LogP contribution in [0.4, 0.5) is 5.00 Å². The first-order chi connectivity index (χ1) is 11.7. The topological polar surface area (TPSA) is 108 Å². The van der Waals surface area contributed by atoms with Crippen molar-refractivity contribution in [2.45, 2.75) is 20.8 Å². The first-order valence-corrected chi connectivity index (χ1v) is 7.94. The van der Waals surface area contributed by atoms with E-state index in [-0.39, 0.29) is 15.4 Å². The Morgan fingerprint density at radius 3 is 2.20 bits per heavy atom. The Morgan fingerprint density at radius 2 is 1.68 bits per heavy atom. The van der Waals surface area contributed by atoms with Crippen LogP contribution >= 0.6 is 11.3 Å². The minimum Gasteiger partial charge on any atom is -0.465 e. The van der Waals surface area contributed by atoms with Gasteiger partial charge in [-0.2, -0.15) is 0 Å². The summed E-state index contributed by atoms with van der Waals surface area (Å²) in [5.41, 5.74) is 1.12. The van der Waals surface area contributed by atoms with Gasteiger partial charge in [0.2, 0.25) is 0 Å². The summed E-state index contributed by atoms with van der Waals surface area (Å²) in [6, 6.07) is 0. The van der Waals surface area contributed by atoms with E-state index in [1.165, 1.54) is 20.3 Å². The highest BCUT2D eigenvalue weighted by Crippen LogP contribution is 2.34. The molecule has 25 heavy (non-hydrogen) atoms. The van der Waals surface area contributed by atoms with Gasteiger partial charge in [0, 0.05) is 6.08 Å². The number of ether oxygens (including phenoxy) is 3. The maximum Gasteiger partial charge on any atom is 0.348 e. The predicted octanol–water partition coefficient (Wildman–Crippen LogP) is 2.08. The molecule has 1 aromatic heterocycles. The molecule has 0 fully saturated rings. The molecular weight excluding hydrogens is 350 g/mol. The number of allylic oxidation sites excluding steroid dienone is 1. The lowest BCUT2D eigenvalue weighted by molar-refractivity contribution is -0.142. The van der Waals surface area contributed by atoms with Crippen LogP contribution in [-0.2, 0) is 23.8 Å². The molecule has 0 radical (unpaired) electrons. The number of esters is 3. The molecule has 0 spiro atoms. The van der Waals surface area contributed by atoms with Crippen molar-refractivity contribution < 1.29 is 33.4 Å². The number of carbonyl (C=O) groups excluding carboxylic acids is 4. The standard InChI is InChI=1S/C16H19NO7S/c1-8(2)6-11(19)24-7-10(18)17-14-12(15(20)22-4)9(3)13(25-14)16(21)23-5/h6H,7H2,1-5H3,(H,17,18). The zero-order chi connectivity index (χ0) is 19.1. The van der Waals surface area contributed by atoms with Crippen molar-refractivity contribution >= 4 is 40.2 Å². The molecule has 0 unspecified atom stereocenters. The lowest BCUT2D eigenvalue weighted by Gasteiger charge is -2.06. The summed E-state index contributed by atoms with van der Waals surface area (Å²) in [5.74, 6) is -2.65. The summed E-state index contributed by atoms with van der Waals surface area (Å²) >= 11 is 0.876. The van der Waals surface area contributed by atoms with Gasteiger partial charge in [0.1, 0.15) is 9.88 Å². The summed E-state index contributed by atoms with van der Waals surface area (Å²) in [6.07, 6.45) is 1.25. The van der Waals surface area contributed by atoms with Gasteiger partial charge in [-0.15, -0.1) is 11.3 Å². The minimum absolute atomic E-state index is 0.0527. The summed E-state index contributed by atoms with van der Waals surface area (Å²) in [6.45, 7) is 4.44. The number of hydrogen-bond acceptors (Lipinski definition) is 8. The van der Waals surface area contributed by atoms with Gasteiger partial charge in [-0.1, -0.05) is 5.57 Å². The van der Waals surface area contributed by atoms with E-state index in [1.807, 2.05) is 0 Å². The normalized spacial score (nSPS) is 9.80. The van der Waals surface area contributed by atoms with Gasteiger partial charge in [0.15, 0.2) is 6.61 Å². The SMILES string of the molecule is COC(=O)c1sc(NC(=O)COC(=O)C=C(C)C)c(C(=O)OC)c1C. The number of methoxy groups -OCH3 is 2. The molecule has 0 aliphatic rings. The third-order valence-corrected chi connectivity index (χ3v) is 4.10. The predicted molar refractivity (Wildman–Crippen MR) is 90.8 cm³/mol. The molecule has 0 saturated carbocycles. The number of anilines is 1. The van der Waals surface area contributed by atoms with Crippen LogP contribution in [0.3, 0.4) is 0 Å². The van der Waals surface area contributed by atoms with Crippen LogP contribution in [0.1, 0.15) is 39.4 Å². The van der Waals surface area contributed by atoms with Crippen molar-refractivity contribution in [1.29, 1.82) is 0 Å². The Bertz CT molecular complexity index is 729. The van der Waals surface area contributed by atoms with Crippen LogP contribution in [-0.4, -0.2) is 44.6 Å². The summed E-state index contributed by atoms with van der Waals surface area (Å²) < 4.78 is 14.1. The lowest BCUT2D eigenvalue weighted by atomic mass is 10.1. The Kier molecular flexibility index (Phi) is 7.31. The zero-order valence-corrected chi connectivity index (χ0v) is 15.4. The van der Waals surface area contributed by atoms with Gasteiger partial charge in [-0.05, 0) is 26.3 Å². The van der Waals surface area contributed by atoms with Crippen molar-refractivity contribution in [3.8, 4) is 0 Å². The zero-order valence-electron chi connectivity index (χ0n) is 14.6. The first kappa shape index (κ1) is 20.4. The van der Waals surface area contributed by atoms with Gasteiger partial charge in [0.05, 0.1) is 19.8 Å². The molecule has 1 N–H and O–H groups in total. The summed E-state index contributed by atoms with van der Waals surface area (Å²) in [7, 11) is 2.39. The second-order valence-corrected chi connectivity index (χ2v) is 6.14. The quantitative estimate of drug-likeness (QED) is 0.464. The maximum absolute atomic E-state index is 12.0. The second kappa shape index (κ2) is 8.97. The molecule has 8 nitrogen and oxygen atoms in total. The molecule has 1 heterocycles. The Morgan fingerprint density at radius 1 is 1.08 bits per heavy atom. The first-order valence-electron chi connectivity index (χ1n) is 7.12. The molecule has 1 rings (SSSR count). The van der Waals surface area contributed by atoms with Crippen LogP contribution in [0.15, 0.2) is 11.6 Å².